The Morgan fingerprint density at radius 1 is 1.09 bits per heavy atom. The Balaban J connectivity index is 1.35. The Labute approximate surface area is 196 Å². The van der Waals surface area contributed by atoms with Crippen molar-refractivity contribution in [3.05, 3.63) is 65.7 Å². The summed E-state index contributed by atoms with van der Waals surface area (Å²) in [5, 5.41) is 11.2. The van der Waals surface area contributed by atoms with Crippen LogP contribution in [0.4, 0.5) is 5.69 Å². The number of rotatable bonds is 9. The van der Waals surface area contributed by atoms with E-state index in [-0.39, 0.29) is 0 Å². The number of aliphatic hydroxyl groups is 1. The molecule has 1 unspecified atom stereocenters. The summed E-state index contributed by atoms with van der Waals surface area (Å²) in [6.07, 6.45) is 5.84. The van der Waals surface area contributed by atoms with E-state index in [9.17, 15) is 13.5 Å². The first-order chi connectivity index (χ1) is 15.2. The molecule has 2 fully saturated rings. The van der Waals surface area contributed by atoms with Crippen LogP contribution in [0.2, 0.25) is 0 Å². The normalized spacial score (nSPS) is 26.7. The Kier molecular flexibility index (Phi) is 7.20. The lowest BCUT2D eigenvalue weighted by molar-refractivity contribution is 0.0353. The SMILES string of the molecule is CSCC(CN1C[C@@H]2C[C@@](O)(Cc3ccccc3)C[C@@H]2C1)c1ccc(NS(C)(=O)=O)cc1. The van der Waals surface area contributed by atoms with Crippen molar-refractivity contribution in [1.82, 2.24) is 4.90 Å². The molecule has 1 saturated heterocycles. The maximum absolute atomic E-state index is 11.5. The molecule has 2 N–H and O–H groups in total. The smallest absolute Gasteiger partial charge is 0.229 e. The molecule has 1 aliphatic carbocycles. The molecule has 1 aliphatic heterocycles. The number of anilines is 1. The molecule has 2 aromatic rings. The van der Waals surface area contributed by atoms with Crippen LogP contribution in [0.5, 0.6) is 0 Å². The number of likely N-dealkylation sites (tertiary alicyclic amines) is 1. The standard InChI is InChI=1S/C25H34N2O3S2/c1-31-18-23(20-8-10-24(11-9-20)26-32(2,29)30)17-27-15-21-13-25(28,14-22(21)16-27)12-19-6-4-3-5-7-19/h3-11,21-23,26,28H,12-18H2,1-2H3/t21-,22+,23?,25-. The molecule has 32 heavy (non-hydrogen) atoms. The first-order valence-corrected chi connectivity index (χ1v) is 14.6. The van der Waals surface area contributed by atoms with Crippen LogP contribution < -0.4 is 4.72 Å². The van der Waals surface area contributed by atoms with Crippen molar-refractivity contribution in [3.63, 3.8) is 0 Å². The van der Waals surface area contributed by atoms with Crippen LogP contribution >= 0.6 is 11.8 Å². The molecule has 1 saturated carbocycles. The Morgan fingerprint density at radius 3 is 2.28 bits per heavy atom. The summed E-state index contributed by atoms with van der Waals surface area (Å²) >= 11 is 1.85. The molecule has 0 bridgehead atoms. The Bertz CT molecular complexity index is 982. The molecule has 1 heterocycles. The second-order valence-electron chi connectivity index (χ2n) is 9.68. The van der Waals surface area contributed by atoms with Gasteiger partial charge in [-0.2, -0.15) is 11.8 Å². The molecule has 5 nitrogen and oxygen atoms in total. The van der Waals surface area contributed by atoms with E-state index < -0.39 is 15.6 Å². The van der Waals surface area contributed by atoms with Crippen LogP contribution in [0.25, 0.3) is 0 Å². The third-order valence-electron chi connectivity index (χ3n) is 6.84. The highest BCUT2D eigenvalue weighted by atomic mass is 32.2. The number of hydrogen-bond acceptors (Lipinski definition) is 5. The van der Waals surface area contributed by atoms with Gasteiger partial charge in [0.15, 0.2) is 0 Å². The number of thioether (sulfide) groups is 1. The zero-order valence-corrected chi connectivity index (χ0v) is 20.5. The number of nitrogens with one attached hydrogen (secondary N) is 1. The van der Waals surface area contributed by atoms with Crippen LogP contribution in [0.15, 0.2) is 54.6 Å². The first-order valence-electron chi connectivity index (χ1n) is 11.3. The van der Waals surface area contributed by atoms with Gasteiger partial charge in [0, 0.05) is 43.4 Å². The third kappa shape index (κ3) is 6.07. The summed E-state index contributed by atoms with van der Waals surface area (Å²) < 4.78 is 25.5. The lowest BCUT2D eigenvalue weighted by Gasteiger charge is -2.28. The van der Waals surface area contributed by atoms with Crippen LogP contribution in [0.3, 0.4) is 0 Å². The highest BCUT2D eigenvalue weighted by Crippen LogP contribution is 2.45. The molecule has 7 heteroatoms. The molecule has 2 aliphatic rings. The minimum atomic E-state index is -3.26. The second-order valence-corrected chi connectivity index (χ2v) is 12.3. The Hall–Kier alpha value is -1.54. The van der Waals surface area contributed by atoms with E-state index in [0.29, 0.717) is 23.4 Å². The molecule has 0 spiro atoms. The van der Waals surface area contributed by atoms with Crippen LogP contribution in [-0.4, -0.2) is 61.9 Å². The number of hydrogen-bond donors (Lipinski definition) is 2. The quantitative estimate of drug-likeness (QED) is 0.578. The largest absolute Gasteiger partial charge is 0.390 e. The summed E-state index contributed by atoms with van der Waals surface area (Å²) in [7, 11) is -3.26. The third-order valence-corrected chi connectivity index (χ3v) is 8.19. The number of nitrogens with zero attached hydrogens (tertiary/aromatic N) is 1. The van der Waals surface area contributed by atoms with E-state index in [0.717, 1.165) is 44.6 Å². The van der Waals surface area contributed by atoms with E-state index in [1.165, 1.54) is 17.4 Å². The van der Waals surface area contributed by atoms with Gasteiger partial charge in [0.05, 0.1) is 11.9 Å². The lowest BCUT2D eigenvalue weighted by Crippen LogP contribution is -2.33. The number of benzene rings is 2. The summed E-state index contributed by atoms with van der Waals surface area (Å²) in [4.78, 5) is 2.57. The topological polar surface area (TPSA) is 69.6 Å². The van der Waals surface area contributed by atoms with E-state index in [1.807, 2.05) is 54.2 Å². The zero-order valence-electron chi connectivity index (χ0n) is 18.9. The van der Waals surface area contributed by atoms with Crippen LogP contribution in [-0.2, 0) is 16.4 Å². The van der Waals surface area contributed by atoms with E-state index in [1.54, 1.807) is 0 Å². The minimum absolute atomic E-state index is 0.402. The van der Waals surface area contributed by atoms with Crippen molar-refractivity contribution in [2.24, 2.45) is 11.8 Å². The average Bonchev–Trinajstić information content (AvgIpc) is 3.21. The molecule has 0 radical (unpaired) electrons. The monoisotopic (exact) mass is 474 g/mol. The molecule has 174 valence electrons. The van der Waals surface area contributed by atoms with Crippen LogP contribution in [0.1, 0.15) is 29.9 Å². The van der Waals surface area contributed by atoms with Gasteiger partial charge in [-0.25, -0.2) is 8.42 Å². The zero-order chi connectivity index (χ0) is 22.8. The predicted molar refractivity (Wildman–Crippen MR) is 134 cm³/mol. The summed E-state index contributed by atoms with van der Waals surface area (Å²) in [5.41, 5.74) is 2.51. The van der Waals surface area contributed by atoms with Crippen LogP contribution in [0, 0.1) is 11.8 Å². The lowest BCUT2D eigenvalue weighted by atomic mass is 9.91. The molecule has 2 aromatic carbocycles. The predicted octanol–water partition coefficient (Wildman–Crippen LogP) is 3.82. The van der Waals surface area contributed by atoms with Gasteiger partial charge in [-0.05, 0) is 54.2 Å². The Morgan fingerprint density at radius 2 is 1.72 bits per heavy atom. The van der Waals surface area contributed by atoms with Gasteiger partial charge < -0.3 is 10.0 Å². The summed E-state index contributed by atoms with van der Waals surface area (Å²) in [5.74, 6) is 2.57. The molecule has 4 atom stereocenters. The average molecular weight is 475 g/mol. The maximum Gasteiger partial charge on any atom is 0.229 e. The van der Waals surface area contributed by atoms with Gasteiger partial charge >= 0.3 is 0 Å². The minimum Gasteiger partial charge on any atom is -0.390 e. The first kappa shape index (κ1) is 23.6. The number of fused-ring (bicyclic) bond motifs is 1. The van der Waals surface area contributed by atoms with E-state index in [2.05, 4.69) is 28.0 Å². The molecule has 0 amide bonds. The molecular weight excluding hydrogens is 440 g/mol. The maximum atomic E-state index is 11.5. The second kappa shape index (κ2) is 9.75. The van der Waals surface area contributed by atoms with Crippen molar-refractivity contribution in [3.8, 4) is 0 Å². The van der Waals surface area contributed by atoms with Gasteiger partial charge in [-0.3, -0.25) is 4.72 Å². The highest BCUT2D eigenvalue weighted by molar-refractivity contribution is 7.98. The van der Waals surface area contributed by atoms with Crippen molar-refractivity contribution in [2.45, 2.75) is 30.8 Å². The fraction of sp³-hybridized carbons (Fsp3) is 0.520. The van der Waals surface area contributed by atoms with E-state index >= 15 is 0 Å². The van der Waals surface area contributed by atoms with E-state index in [4.69, 9.17) is 0 Å². The van der Waals surface area contributed by atoms with Gasteiger partial charge in [0.1, 0.15) is 0 Å². The van der Waals surface area contributed by atoms with Gasteiger partial charge in [-0.15, -0.1) is 0 Å². The van der Waals surface area contributed by atoms with Crippen molar-refractivity contribution < 1.29 is 13.5 Å². The van der Waals surface area contributed by atoms with Gasteiger partial charge in [0.2, 0.25) is 10.0 Å². The molecule has 0 aromatic heterocycles. The van der Waals surface area contributed by atoms with Crippen molar-refractivity contribution in [1.29, 1.82) is 0 Å². The van der Waals surface area contributed by atoms with Crippen molar-refractivity contribution >= 4 is 27.5 Å². The fourth-order valence-electron chi connectivity index (χ4n) is 5.63. The number of sulfonamides is 1. The van der Waals surface area contributed by atoms with Crippen molar-refractivity contribution in [2.75, 3.05) is 42.6 Å². The van der Waals surface area contributed by atoms with Gasteiger partial charge in [-0.1, -0.05) is 42.5 Å². The highest BCUT2D eigenvalue weighted by Gasteiger charge is 2.48. The summed E-state index contributed by atoms with van der Waals surface area (Å²) in [6, 6.07) is 18.1. The summed E-state index contributed by atoms with van der Waals surface area (Å²) in [6.45, 7) is 3.12. The fourth-order valence-corrected chi connectivity index (χ4v) is 6.90. The van der Waals surface area contributed by atoms with Gasteiger partial charge in [0.25, 0.3) is 0 Å². The molecule has 4 rings (SSSR count). The molecular formula is C25H34N2O3S2.